The highest BCUT2D eigenvalue weighted by molar-refractivity contribution is 7.11. The number of carbonyl (C=O) groups is 1. The Morgan fingerprint density at radius 1 is 1.31 bits per heavy atom. The molecule has 0 saturated carbocycles. The Kier molecular flexibility index (Phi) is 5.99. The van der Waals surface area contributed by atoms with Gasteiger partial charge in [-0.15, -0.1) is 11.3 Å². The minimum absolute atomic E-state index is 0.0161. The molecule has 0 spiro atoms. The number of rotatable bonds is 7. The molecule has 26 heavy (non-hydrogen) atoms. The molecule has 0 unspecified atom stereocenters. The van der Waals surface area contributed by atoms with Crippen molar-refractivity contribution in [2.24, 2.45) is 0 Å². The van der Waals surface area contributed by atoms with Crippen LogP contribution in [0, 0.1) is 0 Å². The van der Waals surface area contributed by atoms with Gasteiger partial charge in [0.1, 0.15) is 5.82 Å². The molecule has 0 aliphatic carbocycles. The maximum atomic E-state index is 12.3. The average molecular weight is 367 g/mol. The Morgan fingerprint density at radius 2 is 2.12 bits per heavy atom. The number of amides is 1. The lowest BCUT2D eigenvalue weighted by molar-refractivity contribution is -0.125. The van der Waals surface area contributed by atoms with Gasteiger partial charge in [-0.05, 0) is 28.6 Å². The fourth-order valence-corrected chi connectivity index (χ4v) is 3.35. The Hall–Kier alpha value is -2.70. The molecule has 134 valence electrons. The van der Waals surface area contributed by atoms with Crippen LogP contribution in [0.15, 0.2) is 60.2 Å². The van der Waals surface area contributed by atoms with Gasteiger partial charge in [0.2, 0.25) is 5.91 Å². The highest BCUT2D eigenvalue weighted by Gasteiger charge is 2.10. The molecule has 0 aliphatic heterocycles. The summed E-state index contributed by atoms with van der Waals surface area (Å²) in [6.45, 7) is 1.19. The number of carbonyl (C=O) groups excluding carboxylic acids is 1. The first-order chi connectivity index (χ1) is 12.7. The van der Waals surface area contributed by atoms with Gasteiger partial charge < -0.3 is 14.6 Å². The molecule has 3 aromatic rings. The van der Waals surface area contributed by atoms with Crippen molar-refractivity contribution in [3.63, 3.8) is 0 Å². The minimum Gasteiger partial charge on any atom is -0.392 e. The third kappa shape index (κ3) is 4.68. The van der Waals surface area contributed by atoms with E-state index in [4.69, 9.17) is 5.11 Å². The summed E-state index contributed by atoms with van der Waals surface area (Å²) in [6.07, 6.45) is 7.02. The van der Waals surface area contributed by atoms with Gasteiger partial charge in [0.15, 0.2) is 0 Å². The molecule has 2 heterocycles. The fourth-order valence-electron chi connectivity index (χ4n) is 2.55. The topological polar surface area (TPSA) is 58.4 Å². The van der Waals surface area contributed by atoms with Crippen molar-refractivity contribution in [1.29, 1.82) is 0 Å². The largest absolute Gasteiger partial charge is 0.392 e. The molecular formula is C20H21N3O2S. The lowest BCUT2D eigenvalue weighted by atomic mass is 10.2. The van der Waals surface area contributed by atoms with E-state index in [0.717, 1.165) is 22.8 Å². The van der Waals surface area contributed by atoms with Crippen LogP contribution in [0.25, 0.3) is 6.08 Å². The van der Waals surface area contributed by atoms with Crippen LogP contribution in [0.4, 0.5) is 0 Å². The Morgan fingerprint density at radius 3 is 2.85 bits per heavy atom. The summed E-state index contributed by atoms with van der Waals surface area (Å²) in [7, 11) is 1.77. The first-order valence-electron chi connectivity index (χ1n) is 8.31. The second kappa shape index (κ2) is 8.60. The smallest absolute Gasteiger partial charge is 0.246 e. The van der Waals surface area contributed by atoms with E-state index in [1.165, 1.54) is 16.9 Å². The quantitative estimate of drug-likeness (QED) is 0.653. The van der Waals surface area contributed by atoms with Crippen LogP contribution in [0.5, 0.6) is 0 Å². The van der Waals surface area contributed by atoms with Gasteiger partial charge >= 0.3 is 0 Å². The molecule has 0 atom stereocenters. The van der Waals surface area contributed by atoms with Gasteiger partial charge in [-0.2, -0.15) is 0 Å². The predicted molar refractivity (Wildman–Crippen MR) is 104 cm³/mol. The molecular weight excluding hydrogens is 346 g/mol. The monoisotopic (exact) mass is 367 g/mol. The van der Waals surface area contributed by atoms with E-state index in [1.54, 1.807) is 30.3 Å². The molecule has 0 aliphatic rings. The number of thiophene rings is 1. The summed E-state index contributed by atoms with van der Waals surface area (Å²) in [4.78, 5) is 19.3. The number of likely N-dealkylation sites (N-methyl/N-ethyl adjacent to an activating group) is 1. The van der Waals surface area contributed by atoms with E-state index in [-0.39, 0.29) is 12.5 Å². The van der Waals surface area contributed by atoms with Crippen LogP contribution in [-0.4, -0.2) is 32.5 Å². The number of nitrogens with zero attached hydrogens (tertiary/aromatic N) is 3. The lowest BCUT2D eigenvalue weighted by Gasteiger charge is -2.16. The van der Waals surface area contributed by atoms with E-state index < -0.39 is 0 Å². The number of aliphatic hydroxyl groups excluding tert-OH is 1. The Labute approximate surface area is 156 Å². The molecule has 1 amide bonds. The molecule has 0 radical (unpaired) electrons. The second-order valence-corrected chi connectivity index (χ2v) is 6.94. The van der Waals surface area contributed by atoms with Crippen LogP contribution in [0.2, 0.25) is 0 Å². The Balaban J connectivity index is 1.61. The summed E-state index contributed by atoms with van der Waals surface area (Å²) in [5, 5.41) is 11.0. The van der Waals surface area contributed by atoms with Crippen LogP contribution in [0.1, 0.15) is 21.8 Å². The minimum atomic E-state index is -0.0850. The van der Waals surface area contributed by atoms with E-state index >= 15 is 0 Å². The SMILES string of the molecule is CN(Cc1nccn1Cc1ccccc1)C(=O)C=Cc1cc(CO)cs1. The zero-order chi connectivity index (χ0) is 18.4. The molecule has 1 aromatic carbocycles. The highest BCUT2D eigenvalue weighted by atomic mass is 32.1. The summed E-state index contributed by atoms with van der Waals surface area (Å²) < 4.78 is 2.05. The Bertz CT molecular complexity index is 883. The summed E-state index contributed by atoms with van der Waals surface area (Å²) in [5.41, 5.74) is 2.05. The van der Waals surface area contributed by atoms with Crippen molar-refractivity contribution in [1.82, 2.24) is 14.5 Å². The molecule has 6 heteroatoms. The zero-order valence-electron chi connectivity index (χ0n) is 14.6. The van der Waals surface area contributed by atoms with Crippen LogP contribution < -0.4 is 0 Å². The van der Waals surface area contributed by atoms with Gasteiger partial charge in [-0.25, -0.2) is 4.98 Å². The van der Waals surface area contributed by atoms with Gasteiger partial charge in [0.05, 0.1) is 13.2 Å². The molecule has 0 bridgehead atoms. The maximum absolute atomic E-state index is 12.3. The van der Waals surface area contributed by atoms with Gasteiger partial charge in [0, 0.05) is 36.9 Å². The molecule has 1 N–H and O–H groups in total. The van der Waals surface area contributed by atoms with Gasteiger partial charge in [-0.3, -0.25) is 4.79 Å². The predicted octanol–water partition coefficient (Wildman–Crippen LogP) is 3.16. The molecule has 2 aromatic heterocycles. The van der Waals surface area contributed by atoms with E-state index in [0.29, 0.717) is 6.54 Å². The third-order valence-electron chi connectivity index (χ3n) is 4.00. The number of hydrogen-bond acceptors (Lipinski definition) is 4. The maximum Gasteiger partial charge on any atom is 0.246 e. The van der Waals surface area contributed by atoms with E-state index in [9.17, 15) is 4.79 Å². The van der Waals surface area contributed by atoms with Crippen molar-refractivity contribution < 1.29 is 9.90 Å². The number of imidazole rings is 1. The number of hydrogen-bond donors (Lipinski definition) is 1. The average Bonchev–Trinajstić information content (AvgIpc) is 3.30. The van der Waals surface area contributed by atoms with Crippen molar-refractivity contribution in [2.75, 3.05) is 7.05 Å². The second-order valence-electron chi connectivity index (χ2n) is 6.00. The molecule has 5 nitrogen and oxygen atoms in total. The van der Waals surface area contributed by atoms with E-state index in [1.807, 2.05) is 35.8 Å². The zero-order valence-corrected chi connectivity index (χ0v) is 15.4. The van der Waals surface area contributed by atoms with Crippen LogP contribution >= 0.6 is 11.3 Å². The third-order valence-corrected chi connectivity index (χ3v) is 4.95. The van der Waals surface area contributed by atoms with Crippen molar-refractivity contribution in [3.8, 4) is 0 Å². The molecule has 3 rings (SSSR count). The molecule has 0 fully saturated rings. The van der Waals surface area contributed by atoms with Crippen molar-refractivity contribution in [3.05, 3.63) is 82.1 Å². The lowest BCUT2D eigenvalue weighted by Crippen LogP contribution is -2.26. The van der Waals surface area contributed by atoms with Crippen molar-refractivity contribution >= 4 is 23.3 Å². The summed E-state index contributed by atoms with van der Waals surface area (Å²) in [6, 6.07) is 12.0. The normalized spacial score (nSPS) is 11.2. The highest BCUT2D eigenvalue weighted by Crippen LogP contribution is 2.16. The van der Waals surface area contributed by atoms with Gasteiger partial charge in [-0.1, -0.05) is 30.3 Å². The van der Waals surface area contributed by atoms with E-state index in [2.05, 4.69) is 21.7 Å². The fraction of sp³-hybridized carbons (Fsp3) is 0.200. The number of aromatic nitrogens is 2. The standard InChI is InChI=1S/C20H21N3O2S/c1-22(20(25)8-7-18-11-17(14-24)15-26-18)13-19-21-9-10-23(19)12-16-5-3-2-4-6-16/h2-11,15,24H,12-14H2,1H3. The van der Waals surface area contributed by atoms with Gasteiger partial charge in [0.25, 0.3) is 0 Å². The van der Waals surface area contributed by atoms with Crippen LogP contribution in [-0.2, 0) is 24.5 Å². The number of aliphatic hydroxyl groups is 1. The first-order valence-corrected chi connectivity index (χ1v) is 9.19. The first kappa shape index (κ1) is 18.1. The summed E-state index contributed by atoms with van der Waals surface area (Å²) in [5.74, 6) is 0.759. The van der Waals surface area contributed by atoms with Crippen molar-refractivity contribution in [2.45, 2.75) is 19.7 Å². The summed E-state index contributed by atoms with van der Waals surface area (Å²) >= 11 is 1.50. The molecule has 0 saturated heterocycles. The number of benzene rings is 1. The van der Waals surface area contributed by atoms with Crippen LogP contribution in [0.3, 0.4) is 0 Å².